The number of urea groups is 1. The third kappa shape index (κ3) is 6.91. The summed E-state index contributed by atoms with van der Waals surface area (Å²) in [4.78, 5) is 12.7. The quantitative estimate of drug-likeness (QED) is 0.439. The molecule has 2 aromatic rings. The van der Waals surface area contributed by atoms with E-state index in [1.165, 1.54) is 7.11 Å². The van der Waals surface area contributed by atoms with E-state index in [9.17, 15) is 18.3 Å². The lowest BCUT2D eigenvalue weighted by Crippen LogP contribution is -2.52. The van der Waals surface area contributed by atoms with Gasteiger partial charge in [-0.3, -0.25) is 0 Å². The summed E-state index contributed by atoms with van der Waals surface area (Å²) in [5.74, 6) is 0.541. The van der Waals surface area contributed by atoms with Gasteiger partial charge in [-0.25, -0.2) is 17.9 Å². The lowest BCUT2D eigenvalue weighted by Gasteiger charge is -2.36. The van der Waals surface area contributed by atoms with E-state index in [0.29, 0.717) is 30.7 Å². The molecule has 0 spiro atoms. The van der Waals surface area contributed by atoms with E-state index in [1.807, 2.05) is 6.92 Å². The van der Waals surface area contributed by atoms with Crippen LogP contribution in [0.3, 0.4) is 0 Å². The third-order valence-electron chi connectivity index (χ3n) is 5.56. The lowest BCUT2D eigenvalue weighted by molar-refractivity contribution is -0.0884. The molecule has 10 heteroatoms. The monoisotopic (exact) mass is 477 g/mol. The van der Waals surface area contributed by atoms with Crippen LogP contribution in [0.25, 0.3) is 0 Å². The van der Waals surface area contributed by atoms with Crippen LogP contribution in [0.1, 0.15) is 24.8 Å². The van der Waals surface area contributed by atoms with Gasteiger partial charge >= 0.3 is 6.03 Å². The normalized spacial score (nSPS) is 20.8. The zero-order chi connectivity index (χ0) is 23.8. The maximum atomic E-state index is 12.4. The highest BCUT2D eigenvalue weighted by molar-refractivity contribution is 7.89. The molecule has 2 amide bonds. The zero-order valence-electron chi connectivity index (χ0n) is 18.8. The number of aryl methyl sites for hydroxylation is 1. The molecule has 2 aromatic carbocycles. The van der Waals surface area contributed by atoms with Gasteiger partial charge in [0.05, 0.1) is 36.4 Å². The number of para-hydroxylation sites is 2. The molecule has 3 rings (SSSR count). The molecule has 4 N–H and O–H groups in total. The summed E-state index contributed by atoms with van der Waals surface area (Å²) in [7, 11) is -2.07. The second-order valence-electron chi connectivity index (χ2n) is 7.96. The Hall–Kier alpha value is -2.66. The number of sulfonamides is 1. The van der Waals surface area contributed by atoms with Gasteiger partial charge in [-0.05, 0) is 50.5 Å². The van der Waals surface area contributed by atoms with E-state index in [0.717, 1.165) is 5.56 Å². The summed E-state index contributed by atoms with van der Waals surface area (Å²) >= 11 is 0. The number of hydrogen-bond acceptors (Lipinski definition) is 6. The second kappa shape index (κ2) is 11.5. The smallest absolute Gasteiger partial charge is 0.319 e. The van der Waals surface area contributed by atoms with Crippen molar-refractivity contribution in [3.05, 3.63) is 54.1 Å². The molecular weight excluding hydrogens is 446 g/mol. The molecule has 0 radical (unpaired) electrons. The Morgan fingerprint density at radius 1 is 1.15 bits per heavy atom. The van der Waals surface area contributed by atoms with Crippen LogP contribution in [0.2, 0.25) is 0 Å². The van der Waals surface area contributed by atoms with Gasteiger partial charge in [0.25, 0.3) is 0 Å². The summed E-state index contributed by atoms with van der Waals surface area (Å²) in [5.41, 5.74) is 1.52. The number of aliphatic hydroxyl groups excluding tert-OH is 1. The lowest BCUT2D eigenvalue weighted by atomic mass is 9.97. The highest BCUT2D eigenvalue weighted by Gasteiger charge is 2.32. The van der Waals surface area contributed by atoms with Crippen LogP contribution in [0.4, 0.5) is 10.5 Å². The Balaban J connectivity index is 1.48. The topological polar surface area (TPSA) is 126 Å². The Labute approximate surface area is 194 Å². The largest absolute Gasteiger partial charge is 0.495 e. The fourth-order valence-electron chi connectivity index (χ4n) is 3.74. The molecule has 9 nitrogen and oxygen atoms in total. The number of amides is 2. The van der Waals surface area contributed by atoms with Crippen molar-refractivity contribution < 1.29 is 27.8 Å². The highest BCUT2D eigenvalue weighted by Crippen LogP contribution is 2.24. The predicted molar refractivity (Wildman–Crippen MR) is 125 cm³/mol. The number of methoxy groups -OCH3 is 1. The van der Waals surface area contributed by atoms with Crippen molar-refractivity contribution in [2.75, 3.05) is 25.6 Å². The number of carbonyl (C=O) groups is 1. The summed E-state index contributed by atoms with van der Waals surface area (Å²) in [5, 5.41) is 15.4. The van der Waals surface area contributed by atoms with Gasteiger partial charge in [0.15, 0.2) is 0 Å². The van der Waals surface area contributed by atoms with E-state index in [1.54, 1.807) is 48.5 Å². The van der Waals surface area contributed by atoms with Gasteiger partial charge < -0.3 is 25.2 Å². The van der Waals surface area contributed by atoms with E-state index < -0.39 is 22.2 Å². The molecular formula is C23H31N3O6S. The summed E-state index contributed by atoms with van der Waals surface area (Å²) in [6.07, 6.45) is 0.878. The molecule has 180 valence electrons. The van der Waals surface area contributed by atoms with E-state index in [2.05, 4.69) is 15.4 Å². The van der Waals surface area contributed by atoms with Crippen molar-refractivity contribution in [3.63, 3.8) is 0 Å². The molecule has 3 atom stereocenters. The summed E-state index contributed by atoms with van der Waals surface area (Å²) in [6, 6.07) is 12.9. The van der Waals surface area contributed by atoms with Crippen molar-refractivity contribution in [1.29, 1.82) is 0 Å². The summed E-state index contributed by atoms with van der Waals surface area (Å²) in [6.45, 7) is 1.85. The minimum Gasteiger partial charge on any atom is -0.495 e. The zero-order valence-corrected chi connectivity index (χ0v) is 19.6. The molecule has 1 heterocycles. The van der Waals surface area contributed by atoms with Crippen LogP contribution >= 0.6 is 0 Å². The number of aliphatic hydroxyl groups is 1. The maximum absolute atomic E-state index is 12.4. The SMILES string of the molecule is COc1ccccc1NC(=O)N[C@@H]1CC[C@H](CCNS(=O)(=O)c2ccc(C)cc2)O[C@@H]1CO. The average molecular weight is 478 g/mol. The van der Waals surface area contributed by atoms with Crippen LogP contribution in [-0.2, 0) is 14.8 Å². The first-order valence-electron chi connectivity index (χ1n) is 10.9. The van der Waals surface area contributed by atoms with E-state index >= 15 is 0 Å². The van der Waals surface area contributed by atoms with Gasteiger partial charge in [0.2, 0.25) is 10.0 Å². The van der Waals surface area contributed by atoms with Crippen LogP contribution in [0.5, 0.6) is 5.75 Å². The first-order valence-corrected chi connectivity index (χ1v) is 12.3. The van der Waals surface area contributed by atoms with Gasteiger partial charge in [0, 0.05) is 6.54 Å². The van der Waals surface area contributed by atoms with E-state index in [4.69, 9.17) is 9.47 Å². The number of anilines is 1. The van der Waals surface area contributed by atoms with Gasteiger partial charge in [-0.15, -0.1) is 0 Å². The Bertz CT molecular complexity index is 1030. The second-order valence-corrected chi connectivity index (χ2v) is 9.73. The average Bonchev–Trinajstić information content (AvgIpc) is 2.80. The van der Waals surface area contributed by atoms with Crippen molar-refractivity contribution >= 4 is 21.7 Å². The van der Waals surface area contributed by atoms with Crippen LogP contribution in [0.15, 0.2) is 53.4 Å². The molecule has 1 fully saturated rings. The van der Waals surface area contributed by atoms with Gasteiger partial charge in [0.1, 0.15) is 11.9 Å². The van der Waals surface area contributed by atoms with Crippen molar-refractivity contribution in [2.45, 2.75) is 49.3 Å². The number of ether oxygens (including phenoxy) is 2. The first kappa shape index (κ1) is 25.0. The van der Waals surface area contributed by atoms with Gasteiger partial charge in [-0.2, -0.15) is 0 Å². The fourth-order valence-corrected chi connectivity index (χ4v) is 4.79. The maximum Gasteiger partial charge on any atom is 0.319 e. The molecule has 1 saturated heterocycles. The molecule has 1 aliphatic rings. The summed E-state index contributed by atoms with van der Waals surface area (Å²) < 4.78 is 38.6. The molecule has 0 aliphatic carbocycles. The van der Waals surface area contributed by atoms with Crippen LogP contribution in [-0.4, -0.2) is 58.1 Å². The number of carbonyl (C=O) groups excluding carboxylic acids is 1. The molecule has 0 aromatic heterocycles. The third-order valence-corrected chi connectivity index (χ3v) is 7.03. The van der Waals surface area contributed by atoms with Gasteiger partial charge in [-0.1, -0.05) is 29.8 Å². The number of hydrogen-bond donors (Lipinski definition) is 4. The molecule has 0 bridgehead atoms. The predicted octanol–water partition coefficient (Wildman–Crippen LogP) is 2.40. The molecule has 33 heavy (non-hydrogen) atoms. The first-order chi connectivity index (χ1) is 15.8. The molecule has 0 unspecified atom stereocenters. The molecule has 0 saturated carbocycles. The van der Waals surface area contributed by atoms with Crippen molar-refractivity contribution in [2.24, 2.45) is 0 Å². The fraction of sp³-hybridized carbons (Fsp3) is 0.435. The number of nitrogens with one attached hydrogen (secondary N) is 3. The Morgan fingerprint density at radius 3 is 2.58 bits per heavy atom. The Morgan fingerprint density at radius 2 is 1.88 bits per heavy atom. The van der Waals surface area contributed by atoms with E-state index in [-0.39, 0.29) is 30.2 Å². The number of benzene rings is 2. The van der Waals surface area contributed by atoms with Crippen LogP contribution in [0, 0.1) is 6.92 Å². The van der Waals surface area contributed by atoms with Crippen molar-refractivity contribution in [3.8, 4) is 5.75 Å². The number of rotatable bonds is 9. The van der Waals surface area contributed by atoms with Crippen molar-refractivity contribution in [1.82, 2.24) is 10.0 Å². The Kier molecular flexibility index (Phi) is 8.67. The standard InChI is InChI=1S/C23H31N3O6S/c1-16-7-10-18(11-8-16)33(29,30)24-14-13-17-9-12-20(22(15-27)32-17)26-23(28)25-19-5-3-4-6-21(19)31-2/h3-8,10-11,17,20,22,24,27H,9,12-15H2,1-2H3,(H2,25,26,28)/t17-,20-,22-/m1/s1. The highest BCUT2D eigenvalue weighted by atomic mass is 32.2. The minimum absolute atomic E-state index is 0.214. The van der Waals surface area contributed by atoms with Crippen LogP contribution < -0.4 is 20.1 Å². The minimum atomic E-state index is -3.59. The molecule has 1 aliphatic heterocycles.